The molecule has 0 aromatic heterocycles. The maximum atomic E-state index is 12.5. The summed E-state index contributed by atoms with van der Waals surface area (Å²) in [5, 5.41) is 43.8. The molecule has 0 heterocycles. The highest BCUT2D eigenvalue weighted by atomic mass is 16.3. The maximum absolute atomic E-state index is 12.5. The summed E-state index contributed by atoms with van der Waals surface area (Å²) in [7, 11) is 0. The van der Waals surface area contributed by atoms with Crippen molar-refractivity contribution in [3.63, 3.8) is 0 Å². The van der Waals surface area contributed by atoms with Crippen LogP contribution < -0.4 is 5.32 Å². The third kappa shape index (κ3) is 34.8. The molecule has 5 N–H and O–H groups in total. The van der Waals surface area contributed by atoms with Crippen LogP contribution in [0.3, 0.4) is 0 Å². The standard InChI is InChI=1S/C46H91NO5/c1-3-5-7-9-11-13-15-17-19-21-22-24-26-28-30-32-34-36-38-40-44(50)46(52)47-42(41-48)45(51)43(49)39-37-35-33-31-29-27-25-23-20-18-16-14-12-10-8-6-4-2/h22,24,42-45,48-51H,3-21,23,25-41H2,1-2H3,(H,47,52)/b24-22-. The minimum atomic E-state index is -1.26. The third-order valence-corrected chi connectivity index (χ3v) is 11.0. The van der Waals surface area contributed by atoms with Crippen LogP contribution in [-0.2, 0) is 4.79 Å². The van der Waals surface area contributed by atoms with Crippen LogP contribution in [0.25, 0.3) is 0 Å². The second-order valence-corrected chi connectivity index (χ2v) is 16.1. The highest BCUT2D eigenvalue weighted by molar-refractivity contribution is 5.80. The molecule has 0 aliphatic rings. The van der Waals surface area contributed by atoms with E-state index in [0.717, 1.165) is 44.9 Å². The van der Waals surface area contributed by atoms with Gasteiger partial charge in [0.25, 0.3) is 0 Å². The number of hydrogen-bond donors (Lipinski definition) is 5. The van der Waals surface area contributed by atoms with Crippen LogP contribution in [0.1, 0.15) is 245 Å². The zero-order valence-electron chi connectivity index (χ0n) is 34.8. The first-order valence-electron chi connectivity index (χ1n) is 23.1. The average Bonchev–Trinajstić information content (AvgIpc) is 3.15. The zero-order chi connectivity index (χ0) is 38.2. The van der Waals surface area contributed by atoms with E-state index in [4.69, 9.17) is 0 Å². The van der Waals surface area contributed by atoms with E-state index in [-0.39, 0.29) is 0 Å². The van der Waals surface area contributed by atoms with Crippen molar-refractivity contribution in [3.05, 3.63) is 12.2 Å². The van der Waals surface area contributed by atoms with Crippen LogP contribution in [0.15, 0.2) is 12.2 Å². The number of aliphatic hydroxyl groups is 4. The van der Waals surface area contributed by atoms with Gasteiger partial charge in [0.05, 0.1) is 18.8 Å². The van der Waals surface area contributed by atoms with Crippen molar-refractivity contribution in [2.75, 3.05) is 6.61 Å². The number of allylic oxidation sites excluding steroid dienone is 2. The quantitative estimate of drug-likeness (QED) is 0.0316. The second-order valence-electron chi connectivity index (χ2n) is 16.1. The predicted molar refractivity (Wildman–Crippen MR) is 224 cm³/mol. The van der Waals surface area contributed by atoms with Gasteiger partial charge in [0.1, 0.15) is 12.2 Å². The van der Waals surface area contributed by atoms with Gasteiger partial charge in [0, 0.05) is 0 Å². The number of hydrogen-bond acceptors (Lipinski definition) is 5. The summed E-state index contributed by atoms with van der Waals surface area (Å²) in [4.78, 5) is 12.5. The van der Waals surface area contributed by atoms with Crippen LogP contribution in [0.2, 0.25) is 0 Å². The molecular formula is C46H91NO5. The molecule has 1 amide bonds. The fraction of sp³-hybridized carbons (Fsp3) is 0.935. The number of unbranched alkanes of at least 4 members (excludes halogenated alkanes) is 31. The summed E-state index contributed by atoms with van der Waals surface area (Å²) in [5.41, 5.74) is 0. The van der Waals surface area contributed by atoms with Gasteiger partial charge in [-0.05, 0) is 38.5 Å². The van der Waals surface area contributed by atoms with Crippen molar-refractivity contribution in [3.8, 4) is 0 Å². The minimum Gasteiger partial charge on any atom is -0.394 e. The summed E-state index contributed by atoms with van der Waals surface area (Å²) in [6, 6.07) is -0.984. The number of rotatable bonds is 42. The lowest BCUT2D eigenvalue weighted by molar-refractivity contribution is -0.132. The van der Waals surface area contributed by atoms with Crippen LogP contribution in [0.5, 0.6) is 0 Å². The number of nitrogens with one attached hydrogen (secondary N) is 1. The molecule has 0 bridgehead atoms. The average molecular weight is 738 g/mol. The van der Waals surface area contributed by atoms with Crippen molar-refractivity contribution < 1.29 is 25.2 Å². The molecule has 0 fully saturated rings. The second kappa shape index (κ2) is 41.2. The monoisotopic (exact) mass is 738 g/mol. The van der Waals surface area contributed by atoms with Crippen molar-refractivity contribution in [2.24, 2.45) is 0 Å². The number of carbonyl (C=O) groups excluding carboxylic acids is 1. The van der Waals surface area contributed by atoms with Gasteiger partial charge in [0.2, 0.25) is 5.91 Å². The lowest BCUT2D eigenvalue weighted by atomic mass is 9.99. The molecule has 52 heavy (non-hydrogen) atoms. The Morgan fingerprint density at radius 3 is 1.12 bits per heavy atom. The Morgan fingerprint density at radius 1 is 0.462 bits per heavy atom. The highest BCUT2D eigenvalue weighted by Gasteiger charge is 2.28. The molecule has 0 aliphatic carbocycles. The summed E-state index contributed by atoms with van der Waals surface area (Å²) in [5.74, 6) is -0.586. The van der Waals surface area contributed by atoms with Crippen LogP contribution in [0.4, 0.5) is 0 Å². The third-order valence-electron chi connectivity index (χ3n) is 11.0. The molecule has 0 aromatic carbocycles. The fourth-order valence-corrected chi connectivity index (χ4v) is 7.28. The first-order chi connectivity index (χ1) is 25.5. The van der Waals surface area contributed by atoms with Crippen LogP contribution >= 0.6 is 0 Å². The normalized spacial score (nSPS) is 14.2. The molecule has 310 valence electrons. The summed E-state index contributed by atoms with van der Waals surface area (Å²) >= 11 is 0. The molecule has 0 saturated heterocycles. The van der Waals surface area contributed by atoms with Gasteiger partial charge in [0.15, 0.2) is 0 Å². The van der Waals surface area contributed by atoms with Gasteiger partial charge in [-0.25, -0.2) is 0 Å². The number of carbonyl (C=O) groups is 1. The largest absolute Gasteiger partial charge is 0.394 e. The van der Waals surface area contributed by atoms with Crippen LogP contribution in [0, 0.1) is 0 Å². The van der Waals surface area contributed by atoms with Crippen molar-refractivity contribution in [1.29, 1.82) is 0 Å². The van der Waals surface area contributed by atoms with Gasteiger partial charge in [-0.1, -0.05) is 219 Å². The predicted octanol–water partition coefficient (Wildman–Crippen LogP) is 12.2. The molecule has 6 nitrogen and oxygen atoms in total. The van der Waals surface area contributed by atoms with Gasteiger partial charge in [-0.15, -0.1) is 0 Å². The Bertz CT molecular complexity index is 746. The van der Waals surface area contributed by atoms with Gasteiger partial charge in [-0.3, -0.25) is 4.79 Å². The van der Waals surface area contributed by atoms with Crippen molar-refractivity contribution >= 4 is 5.91 Å². The van der Waals surface area contributed by atoms with E-state index in [0.29, 0.717) is 12.8 Å². The molecule has 4 atom stereocenters. The Hall–Kier alpha value is -0.950. The van der Waals surface area contributed by atoms with Gasteiger partial charge in [-0.2, -0.15) is 0 Å². The molecular weight excluding hydrogens is 647 g/mol. The molecule has 0 saturated carbocycles. The summed E-state index contributed by atoms with van der Waals surface area (Å²) < 4.78 is 0. The number of amides is 1. The van der Waals surface area contributed by atoms with E-state index in [9.17, 15) is 25.2 Å². The van der Waals surface area contributed by atoms with Gasteiger partial charge >= 0.3 is 0 Å². The molecule has 4 unspecified atom stereocenters. The topological polar surface area (TPSA) is 110 Å². The summed E-state index contributed by atoms with van der Waals surface area (Å²) in [6.45, 7) is 4.06. The van der Waals surface area contributed by atoms with E-state index in [1.54, 1.807) is 0 Å². The first-order valence-corrected chi connectivity index (χ1v) is 23.1. The summed E-state index contributed by atoms with van der Waals surface area (Å²) in [6.07, 6.45) is 45.2. The molecule has 0 aliphatic heterocycles. The van der Waals surface area contributed by atoms with E-state index < -0.39 is 36.9 Å². The van der Waals surface area contributed by atoms with Crippen molar-refractivity contribution in [1.82, 2.24) is 5.32 Å². The fourth-order valence-electron chi connectivity index (χ4n) is 7.28. The molecule has 6 heteroatoms. The molecule has 0 radical (unpaired) electrons. The lowest BCUT2D eigenvalue weighted by Crippen LogP contribution is -2.53. The Labute approximate surface area is 323 Å². The lowest BCUT2D eigenvalue weighted by Gasteiger charge is -2.27. The highest BCUT2D eigenvalue weighted by Crippen LogP contribution is 2.17. The number of aliphatic hydroxyl groups excluding tert-OH is 4. The Kier molecular flexibility index (Phi) is 40.5. The molecule has 0 rings (SSSR count). The van der Waals surface area contributed by atoms with Gasteiger partial charge < -0.3 is 25.7 Å². The molecule has 0 aromatic rings. The Balaban J connectivity index is 3.71. The van der Waals surface area contributed by atoms with E-state index in [1.165, 1.54) is 173 Å². The van der Waals surface area contributed by atoms with Crippen LogP contribution in [-0.4, -0.2) is 57.3 Å². The maximum Gasteiger partial charge on any atom is 0.249 e. The first kappa shape index (κ1) is 51.0. The van der Waals surface area contributed by atoms with E-state index in [1.807, 2.05) is 0 Å². The van der Waals surface area contributed by atoms with E-state index in [2.05, 4.69) is 31.3 Å². The minimum absolute atomic E-state index is 0.365. The zero-order valence-corrected chi connectivity index (χ0v) is 34.8. The van der Waals surface area contributed by atoms with Crippen molar-refractivity contribution in [2.45, 2.75) is 269 Å². The SMILES string of the molecule is CCCCCCCCCCC/C=C\CCCCCCCCC(O)C(=O)NC(CO)C(O)C(O)CCCCCCCCCCCCCCCCCCC. The molecule has 0 spiro atoms. The smallest absolute Gasteiger partial charge is 0.249 e. The Morgan fingerprint density at radius 2 is 0.769 bits per heavy atom. The van der Waals surface area contributed by atoms with E-state index >= 15 is 0 Å².